The van der Waals surface area contributed by atoms with Crippen LogP contribution in [0.15, 0.2) is 48.5 Å². The highest BCUT2D eigenvalue weighted by molar-refractivity contribution is 5.93. The van der Waals surface area contributed by atoms with Gasteiger partial charge in [0, 0.05) is 17.8 Å². The average Bonchev–Trinajstić information content (AvgIpc) is 2.38. The maximum atomic E-state index is 11.1. The van der Waals surface area contributed by atoms with Gasteiger partial charge in [-0.15, -0.1) is 0 Å². The summed E-state index contributed by atoms with van der Waals surface area (Å²) in [5.74, 6) is -0.408. The highest BCUT2D eigenvalue weighted by Gasteiger charge is 2.01. The van der Waals surface area contributed by atoms with Gasteiger partial charge in [-0.3, -0.25) is 4.79 Å². The third kappa shape index (κ3) is 2.88. The molecule has 0 aliphatic rings. The van der Waals surface area contributed by atoms with E-state index in [1.165, 1.54) is 11.1 Å². The Morgan fingerprint density at radius 2 is 1.94 bits per heavy atom. The number of benzene rings is 2. The van der Waals surface area contributed by atoms with E-state index in [0.29, 0.717) is 5.56 Å². The Balaban J connectivity index is 2.09. The van der Waals surface area contributed by atoms with E-state index in [1.54, 1.807) is 12.1 Å². The SMILES string of the molecule is Cc1ccccc1CNc1cccc(C(N)=O)c1. The molecule has 2 rings (SSSR count). The van der Waals surface area contributed by atoms with Crippen molar-refractivity contribution in [2.24, 2.45) is 5.73 Å². The Labute approximate surface area is 107 Å². The zero-order valence-corrected chi connectivity index (χ0v) is 10.3. The van der Waals surface area contributed by atoms with E-state index < -0.39 is 5.91 Å². The minimum absolute atomic E-state index is 0.408. The Hall–Kier alpha value is -2.29. The maximum Gasteiger partial charge on any atom is 0.248 e. The first-order chi connectivity index (χ1) is 8.66. The lowest BCUT2D eigenvalue weighted by atomic mass is 10.1. The van der Waals surface area contributed by atoms with Gasteiger partial charge in [-0.1, -0.05) is 30.3 Å². The number of nitrogens with two attached hydrogens (primary N) is 1. The molecule has 3 heteroatoms. The fourth-order valence-corrected chi connectivity index (χ4v) is 1.79. The van der Waals surface area contributed by atoms with Crippen molar-refractivity contribution in [1.82, 2.24) is 0 Å². The maximum absolute atomic E-state index is 11.1. The van der Waals surface area contributed by atoms with Crippen molar-refractivity contribution in [2.75, 3.05) is 5.32 Å². The molecule has 0 atom stereocenters. The number of anilines is 1. The van der Waals surface area contributed by atoms with Gasteiger partial charge in [-0.05, 0) is 36.2 Å². The van der Waals surface area contributed by atoms with Crippen molar-refractivity contribution in [2.45, 2.75) is 13.5 Å². The van der Waals surface area contributed by atoms with Crippen LogP contribution < -0.4 is 11.1 Å². The van der Waals surface area contributed by atoms with Crippen molar-refractivity contribution < 1.29 is 4.79 Å². The van der Waals surface area contributed by atoms with Gasteiger partial charge in [0.2, 0.25) is 5.91 Å². The summed E-state index contributed by atoms with van der Waals surface area (Å²) in [5, 5.41) is 3.29. The van der Waals surface area contributed by atoms with Crippen molar-refractivity contribution in [1.29, 1.82) is 0 Å². The van der Waals surface area contributed by atoms with Crippen molar-refractivity contribution in [3.8, 4) is 0 Å². The molecule has 0 spiro atoms. The normalized spacial score (nSPS) is 10.1. The Morgan fingerprint density at radius 3 is 2.67 bits per heavy atom. The summed E-state index contributed by atoms with van der Waals surface area (Å²) >= 11 is 0. The second-order valence-electron chi connectivity index (χ2n) is 4.23. The van der Waals surface area contributed by atoms with Crippen LogP contribution in [0.4, 0.5) is 5.69 Å². The van der Waals surface area contributed by atoms with Crippen LogP contribution in [0, 0.1) is 6.92 Å². The zero-order chi connectivity index (χ0) is 13.0. The molecule has 1 amide bonds. The van der Waals surface area contributed by atoms with Crippen LogP contribution >= 0.6 is 0 Å². The highest BCUT2D eigenvalue weighted by atomic mass is 16.1. The number of primary amides is 1. The molecule has 0 fully saturated rings. The molecule has 18 heavy (non-hydrogen) atoms. The molecule has 3 N–H and O–H groups in total. The summed E-state index contributed by atoms with van der Waals surface area (Å²) in [6, 6.07) is 15.4. The Kier molecular flexibility index (Phi) is 3.63. The van der Waals surface area contributed by atoms with Crippen LogP contribution in [0.25, 0.3) is 0 Å². The van der Waals surface area contributed by atoms with Crippen molar-refractivity contribution in [3.05, 3.63) is 65.2 Å². The van der Waals surface area contributed by atoms with Gasteiger partial charge in [0.15, 0.2) is 0 Å². The Bertz CT molecular complexity index is 564. The number of carbonyl (C=O) groups excluding carboxylic acids is 1. The van der Waals surface area contributed by atoms with E-state index in [9.17, 15) is 4.79 Å². The molecule has 0 aliphatic heterocycles. The van der Waals surface area contributed by atoms with Crippen molar-refractivity contribution >= 4 is 11.6 Å². The molecule has 0 saturated carbocycles. The van der Waals surface area contributed by atoms with Gasteiger partial charge in [-0.2, -0.15) is 0 Å². The van der Waals surface area contributed by atoms with Gasteiger partial charge >= 0.3 is 0 Å². The number of nitrogens with one attached hydrogen (secondary N) is 1. The molecule has 0 bridgehead atoms. The lowest BCUT2D eigenvalue weighted by Crippen LogP contribution is -2.11. The number of carbonyl (C=O) groups is 1. The summed E-state index contributed by atoms with van der Waals surface area (Å²) in [6.45, 7) is 2.81. The van der Waals surface area contributed by atoms with E-state index in [0.717, 1.165) is 12.2 Å². The van der Waals surface area contributed by atoms with Crippen LogP contribution in [-0.4, -0.2) is 5.91 Å². The molecule has 3 nitrogen and oxygen atoms in total. The summed E-state index contributed by atoms with van der Waals surface area (Å²) in [5.41, 5.74) is 9.15. The van der Waals surface area contributed by atoms with E-state index in [4.69, 9.17) is 5.73 Å². The molecule has 0 saturated heterocycles. The fraction of sp³-hybridized carbons (Fsp3) is 0.133. The summed E-state index contributed by atoms with van der Waals surface area (Å²) in [6.07, 6.45) is 0. The quantitative estimate of drug-likeness (QED) is 0.863. The number of rotatable bonds is 4. The molecular weight excluding hydrogens is 224 g/mol. The first kappa shape index (κ1) is 12.2. The van der Waals surface area contributed by atoms with Crippen LogP contribution in [0.2, 0.25) is 0 Å². The monoisotopic (exact) mass is 240 g/mol. The number of hydrogen-bond donors (Lipinski definition) is 2. The molecule has 2 aromatic carbocycles. The highest BCUT2D eigenvalue weighted by Crippen LogP contribution is 2.13. The lowest BCUT2D eigenvalue weighted by molar-refractivity contribution is 0.100. The minimum Gasteiger partial charge on any atom is -0.381 e. The first-order valence-corrected chi connectivity index (χ1v) is 5.85. The van der Waals surface area contributed by atoms with Gasteiger partial charge in [0.05, 0.1) is 0 Å². The number of aryl methyl sites for hydroxylation is 1. The number of amides is 1. The predicted molar refractivity (Wildman–Crippen MR) is 73.5 cm³/mol. The molecule has 0 aromatic heterocycles. The molecule has 0 unspecified atom stereocenters. The van der Waals surface area contributed by atoms with Crippen LogP contribution in [0.3, 0.4) is 0 Å². The van der Waals surface area contributed by atoms with E-state index in [-0.39, 0.29) is 0 Å². The van der Waals surface area contributed by atoms with E-state index >= 15 is 0 Å². The van der Waals surface area contributed by atoms with Crippen LogP contribution in [0.1, 0.15) is 21.5 Å². The number of hydrogen-bond acceptors (Lipinski definition) is 2. The first-order valence-electron chi connectivity index (χ1n) is 5.85. The van der Waals surface area contributed by atoms with Gasteiger partial charge < -0.3 is 11.1 Å². The molecule has 0 radical (unpaired) electrons. The van der Waals surface area contributed by atoms with Gasteiger partial charge in [0.25, 0.3) is 0 Å². The Morgan fingerprint density at radius 1 is 1.17 bits per heavy atom. The molecular formula is C15H16N2O. The second kappa shape index (κ2) is 5.36. The minimum atomic E-state index is -0.408. The fourth-order valence-electron chi connectivity index (χ4n) is 1.79. The molecule has 0 aliphatic carbocycles. The second-order valence-corrected chi connectivity index (χ2v) is 4.23. The topological polar surface area (TPSA) is 55.1 Å². The standard InChI is InChI=1S/C15H16N2O/c1-11-5-2-3-6-13(11)10-17-14-8-4-7-12(9-14)15(16)18/h2-9,17H,10H2,1H3,(H2,16,18). The molecule has 92 valence electrons. The summed E-state index contributed by atoms with van der Waals surface area (Å²) < 4.78 is 0. The van der Waals surface area contributed by atoms with E-state index in [1.807, 2.05) is 24.3 Å². The third-order valence-electron chi connectivity index (χ3n) is 2.89. The zero-order valence-electron chi connectivity index (χ0n) is 10.3. The molecule has 2 aromatic rings. The smallest absolute Gasteiger partial charge is 0.248 e. The largest absolute Gasteiger partial charge is 0.381 e. The van der Waals surface area contributed by atoms with Crippen molar-refractivity contribution in [3.63, 3.8) is 0 Å². The summed E-state index contributed by atoms with van der Waals surface area (Å²) in [7, 11) is 0. The van der Waals surface area contributed by atoms with Crippen LogP contribution in [0.5, 0.6) is 0 Å². The average molecular weight is 240 g/mol. The van der Waals surface area contributed by atoms with Gasteiger partial charge in [-0.25, -0.2) is 0 Å². The molecule has 0 heterocycles. The van der Waals surface area contributed by atoms with Gasteiger partial charge in [0.1, 0.15) is 0 Å². The summed E-state index contributed by atoms with van der Waals surface area (Å²) in [4.78, 5) is 11.1. The van der Waals surface area contributed by atoms with Crippen LogP contribution in [-0.2, 0) is 6.54 Å². The van der Waals surface area contributed by atoms with E-state index in [2.05, 4.69) is 24.4 Å². The lowest BCUT2D eigenvalue weighted by Gasteiger charge is -2.09. The predicted octanol–water partition coefficient (Wildman–Crippen LogP) is 2.71. The third-order valence-corrected chi connectivity index (χ3v) is 2.89.